The molecule has 1 aromatic rings. The predicted octanol–water partition coefficient (Wildman–Crippen LogP) is 1.84. The second-order valence-corrected chi connectivity index (χ2v) is 4.43. The SMILES string of the molecule is O=C(NCCC1CCCN1)c1c(F)cccc1F. The van der Waals surface area contributed by atoms with Crippen molar-refractivity contribution >= 4 is 5.91 Å². The van der Waals surface area contributed by atoms with Gasteiger partial charge in [0, 0.05) is 12.6 Å². The number of nitrogens with one attached hydrogen (secondary N) is 2. The second-order valence-electron chi connectivity index (χ2n) is 4.43. The van der Waals surface area contributed by atoms with Crippen LogP contribution in [0.4, 0.5) is 8.78 Å². The summed E-state index contributed by atoms with van der Waals surface area (Å²) in [6.07, 6.45) is 3.01. The van der Waals surface area contributed by atoms with Crippen LogP contribution in [0.3, 0.4) is 0 Å². The number of hydrogen-bond donors (Lipinski definition) is 2. The van der Waals surface area contributed by atoms with Crippen molar-refractivity contribution in [2.45, 2.75) is 25.3 Å². The molecule has 98 valence electrons. The Kier molecular flexibility index (Phi) is 4.25. The maximum absolute atomic E-state index is 13.3. The maximum atomic E-state index is 13.3. The highest BCUT2D eigenvalue weighted by Gasteiger charge is 2.18. The zero-order valence-corrected chi connectivity index (χ0v) is 10.0. The van der Waals surface area contributed by atoms with Gasteiger partial charge < -0.3 is 10.6 Å². The first-order chi connectivity index (χ1) is 8.68. The van der Waals surface area contributed by atoms with Crippen molar-refractivity contribution in [3.8, 4) is 0 Å². The molecule has 0 bridgehead atoms. The smallest absolute Gasteiger partial charge is 0.257 e. The fourth-order valence-electron chi connectivity index (χ4n) is 2.17. The summed E-state index contributed by atoms with van der Waals surface area (Å²) in [6.45, 7) is 1.42. The lowest BCUT2D eigenvalue weighted by atomic mass is 10.1. The van der Waals surface area contributed by atoms with E-state index in [0.717, 1.165) is 37.9 Å². The van der Waals surface area contributed by atoms with Crippen LogP contribution in [-0.2, 0) is 0 Å². The summed E-state index contributed by atoms with van der Waals surface area (Å²) in [5, 5.41) is 5.84. The van der Waals surface area contributed by atoms with E-state index >= 15 is 0 Å². The van der Waals surface area contributed by atoms with E-state index in [0.29, 0.717) is 12.6 Å². The highest BCUT2D eigenvalue weighted by Crippen LogP contribution is 2.12. The molecular weight excluding hydrogens is 238 g/mol. The zero-order valence-electron chi connectivity index (χ0n) is 10.0. The van der Waals surface area contributed by atoms with Crippen LogP contribution < -0.4 is 10.6 Å². The summed E-state index contributed by atoms with van der Waals surface area (Å²) >= 11 is 0. The molecule has 1 heterocycles. The minimum atomic E-state index is -0.827. The fourth-order valence-corrected chi connectivity index (χ4v) is 2.17. The predicted molar refractivity (Wildman–Crippen MR) is 64.3 cm³/mol. The first-order valence-electron chi connectivity index (χ1n) is 6.14. The van der Waals surface area contributed by atoms with Crippen molar-refractivity contribution in [2.75, 3.05) is 13.1 Å². The van der Waals surface area contributed by atoms with Crippen molar-refractivity contribution in [3.05, 3.63) is 35.4 Å². The number of carbonyl (C=O) groups is 1. The molecule has 1 aliphatic heterocycles. The molecule has 2 N–H and O–H groups in total. The van der Waals surface area contributed by atoms with E-state index in [1.54, 1.807) is 0 Å². The number of amides is 1. The van der Waals surface area contributed by atoms with E-state index in [-0.39, 0.29) is 0 Å². The van der Waals surface area contributed by atoms with Gasteiger partial charge in [0.1, 0.15) is 17.2 Å². The van der Waals surface area contributed by atoms with Crippen LogP contribution in [0.25, 0.3) is 0 Å². The van der Waals surface area contributed by atoms with E-state index < -0.39 is 23.1 Å². The van der Waals surface area contributed by atoms with E-state index in [9.17, 15) is 13.6 Å². The Bertz CT molecular complexity index is 411. The lowest BCUT2D eigenvalue weighted by molar-refractivity contribution is 0.0944. The highest BCUT2D eigenvalue weighted by atomic mass is 19.1. The largest absolute Gasteiger partial charge is 0.352 e. The van der Waals surface area contributed by atoms with Gasteiger partial charge in [-0.3, -0.25) is 4.79 Å². The summed E-state index contributed by atoms with van der Waals surface area (Å²) in [7, 11) is 0. The molecule has 1 fully saturated rings. The Hall–Kier alpha value is -1.49. The molecule has 18 heavy (non-hydrogen) atoms. The first-order valence-corrected chi connectivity index (χ1v) is 6.14. The number of carbonyl (C=O) groups excluding carboxylic acids is 1. The molecule has 3 nitrogen and oxygen atoms in total. The number of hydrogen-bond acceptors (Lipinski definition) is 2. The molecule has 0 spiro atoms. The Morgan fingerprint density at radius 2 is 2.11 bits per heavy atom. The minimum absolute atomic E-state index is 0.399. The normalized spacial score (nSPS) is 18.9. The van der Waals surface area contributed by atoms with Gasteiger partial charge in [0.2, 0.25) is 0 Å². The molecule has 1 amide bonds. The van der Waals surface area contributed by atoms with E-state index in [1.807, 2.05) is 0 Å². The summed E-state index contributed by atoms with van der Waals surface area (Å²) < 4.78 is 26.6. The molecule has 0 radical (unpaired) electrons. The van der Waals surface area contributed by atoms with Gasteiger partial charge in [-0.2, -0.15) is 0 Å². The van der Waals surface area contributed by atoms with Crippen LogP contribution in [0.15, 0.2) is 18.2 Å². The van der Waals surface area contributed by atoms with Gasteiger partial charge in [-0.1, -0.05) is 6.07 Å². The van der Waals surface area contributed by atoms with Crippen LogP contribution in [0, 0.1) is 11.6 Å². The monoisotopic (exact) mass is 254 g/mol. The van der Waals surface area contributed by atoms with Crippen molar-refractivity contribution < 1.29 is 13.6 Å². The molecule has 1 aliphatic rings. The Labute approximate surface area is 105 Å². The fraction of sp³-hybridized carbons (Fsp3) is 0.462. The number of rotatable bonds is 4. The third-order valence-electron chi connectivity index (χ3n) is 3.13. The zero-order chi connectivity index (χ0) is 13.0. The molecule has 5 heteroatoms. The van der Waals surface area contributed by atoms with Gasteiger partial charge in [0.25, 0.3) is 5.91 Å². The van der Waals surface area contributed by atoms with Crippen LogP contribution in [0.2, 0.25) is 0 Å². The Morgan fingerprint density at radius 3 is 2.72 bits per heavy atom. The Morgan fingerprint density at radius 1 is 1.39 bits per heavy atom. The van der Waals surface area contributed by atoms with Gasteiger partial charge in [-0.05, 0) is 37.9 Å². The molecule has 1 unspecified atom stereocenters. The molecule has 1 atom stereocenters. The van der Waals surface area contributed by atoms with E-state index in [4.69, 9.17) is 0 Å². The van der Waals surface area contributed by atoms with Gasteiger partial charge >= 0.3 is 0 Å². The van der Waals surface area contributed by atoms with E-state index in [2.05, 4.69) is 10.6 Å². The van der Waals surface area contributed by atoms with Crippen LogP contribution >= 0.6 is 0 Å². The molecular formula is C13H16F2N2O. The summed E-state index contributed by atoms with van der Waals surface area (Å²) in [6, 6.07) is 3.80. The molecule has 1 saturated heterocycles. The lowest BCUT2D eigenvalue weighted by Crippen LogP contribution is -2.31. The van der Waals surface area contributed by atoms with Gasteiger partial charge in [0.15, 0.2) is 0 Å². The standard InChI is InChI=1S/C13H16F2N2O/c14-10-4-1-5-11(15)12(10)13(18)17-8-6-9-3-2-7-16-9/h1,4-5,9,16H,2-3,6-8H2,(H,17,18). The van der Waals surface area contributed by atoms with Crippen molar-refractivity contribution in [3.63, 3.8) is 0 Å². The van der Waals surface area contributed by atoms with Crippen LogP contribution in [0.5, 0.6) is 0 Å². The summed E-state index contributed by atoms with van der Waals surface area (Å²) in [5.41, 5.74) is -0.503. The Balaban J connectivity index is 1.87. The third kappa shape index (κ3) is 3.04. The van der Waals surface area contributed by atoms with Crippen molar-refractivity contribution in [2.24, 2.45) is 0 Å². The average molecular weight is 254 g/mol. The summed E-state index contributed by atoms with van der Waals surface area (Å²) in [5.74, 6) is -2.35. The molecule has 0 aliphatic carbocycles. The molecule has 0 saturated carbocycles. The van der Waals surface area contributed by atoms with Crippen LogP contribution in [-0.4, -0.2) is 25.0 Å². The molecule has 0 aromatic heterocycles. The quantitative estimate of drug-likeness (QED) is 0.860. The van der Waals surface area contributed by atoms with E-state index in [1.165, 1.54) is 6.07 Å². The minimum Gasteiger partial charge on any atom is -0.352 e. The maximum Gasteiger partial charge on any atom is 0.257 e. The number of benzene rings is 1. The lowest BCUT2D eigenvalue weighted by Gasteiger charge is -2.11. The van der Waals surface area contributed by atoms with Gasteiger partial charge in [-0.25, -0.2) is 8.78 Å². The topological polar surface area (TPSA) is 41.1 Å². The highest BCUT2D eigenvalue weighted by molar-refractivity contribution is 5.94. The van der Waals surface area contributed by atoms with Crippen molar-refractivity contribution in [1.82, 2.24) is 10.6 Å². The van der Waals surface area contributed by atoms with Gasteiger partial charge in [-0.15, -0.1) is 0 Å². The number of halogens is 2. The summed E-state index contributed by atoms with van der Waals surface area (Å²) in [4.78, 5) is 11.6. The first kappa shape index (κ1) is 13.0. The van der Waals surface area contributed by atoms with Crippen LogP contribution in [0.1, 0.15) is 29.6 Å². The molecule has 1 aromatic carbocycles. The van der Waals surface area contributed by atoms with Gasteiger partial charge in [0.05, 0.1) is 0 Å². The molecule has 2 rings (SSSR count). The average Bonchev–Trinajstić information content (AvgIpc) is 2.82. The second kappa shape index (κ2) is 5.91. The third-order valence-corrected chi connectivity index (χ3v) is 3.13. The van der Waals surface area contributed by atoms with Crippen molar-refractivity contribution in [1.29, 1.82) is 0 Å².